The Kier molecular flexibility index (Phi) is 9.82. The number of rotatable bonds is 1. The van der Waals surface area contributed by atoms with Crippen LogP contribution in [0.4, 0.5) is 0 Å². The second-order valence-electron chi connectivity index (χ2n) is 2.44. The van der Waals surface area contributed by atoms with Gasteiger partial charge in [0.2, 0.25) is 0 Å². The van der Waals surface area contributed by atoms with Gasteiger partial charge in [-0.05, 0) is 27.7 Å². The van der Waals surface area contributed by atoms with E-state index in [1.165, 1.54) is 11.1 Å². The summed E-state index contributed by atoms with van der Waals surface area (Å²) in [5.41, 5.74) is 2.40. The van der Waals surface area contributed by atoms with Gasteiger partial charge in [-0.2, -0.15) is 0 Å². The van der Waals surface area contributed by atoms with Crippen molar-refractivity contribution in [3.63, 3.8) is 0 Å². The highest BCUT2D eigenvalue weighted by Gasteiger charge is 1.66. The van der Waals surface area contributed by atoms with Gasteiger partial charge in [0.25, 0.3) is 0 Å². The van der Waals surface area contributed by atoms with Gasteiger partial charge in [-0.25, -0.2) is 0 Å². The summed E-state index contributed by atoms with van der Waals surface area (Å²) in [5, 5.41) is 0. The first kappa shape index (κ1) is 12.0. The summed E-state index contributed by atoms with van der Waals surface area (Å²) < 4.78 is 0. The van der Waals surface area contributed by atoms with Crippen LogP contribution in [0.5, 0.6) is 0 Å². The summed E-state index contributed by atoms with van der Waals surface area (Å²) in [6.07, 6.45) is 3.85. The Morgan fingerprint density at radius 2 is 1.50 bits per heavy atom. The van der Waals surface area contributed by atoms with Crippen molar-refractivity contribution >= 4 is 0 Å². The third-order valence-corrected chi connectivity index (χ3v) is 0.777. The average molecular weight is 138 g/mol. The molecule has 0 heterocycles. The second kappa shape index (κ2) is 8.22. The molecule has 0 aromatic rings. The van der Waals surface area contributed by atoms with E-state index in [9.17, 15) is 0 Å². The molecule has 0 nitrogen and oxygen atoms in total. The lowest BCUT2D eigenvalue weighted by atomic mass is 10.3. The molecule has 10 heavy (non-hydrogen) atoms. The second-order valence-corrected chi connectivity index (χ2v) is 2.44. The Morgan fingerprint density at radius 1 is 1.20 bits per heavy atom. The van der Waals surface area contributed by atoms with Gasteiger partial charge in [0.05, 0.1) is 0 Å². The standard InChI is InChI=1S/C6H10.C4H8/c1-4-6(3)5-2;1-4(2)3/h4-5H,1H2,2-3H3;1H2,2-3H3/b6-5-;. The van der Waals surface area contributed by atoms with E-state index in [2.05, 4.69) is 13.2 Å². The lowest BCUT2D eigenvalue weighted by Gasteiger charge is -1.78. The van der Waals surface area contributed by atoms with E-state index < -0.39 is 0 Å². The molecule has 0 aliphatic rings. The van der Waals surface area contributed by atoms with Crippen LogP contribution >= 0.6 is 0 Å². The zero-order chi connectivity index (χ0) is 8.57. The molecule has 0 saturated carbocycles. The van der Waals surface area contributed by atoms with E-state index in [0.717, 1.165) is 0 Å². The molecule has 0 saturated heterocycles. The molecule has 0 N–H and O–H groups in total. The third kappa shape index (κ3) is 26.9. The third-order valence-electron chi connectivity index (χ3n) is 0.777. The van der Waals surface area contributed by atoms with Crippen LogP contribution in [0.15, 0.2) is 36.5 Å². The fourth-order valence-corrected chi connectivity index (χ4v) is 0.118. The SMILES string of the molecule is C=C(C)C.C=C/C(C)=C\C. The van der Waals surface area contributed by atoms with Crippen LogP contribution in [-0.4, -0.2) is 0 Å². The summed E-state index contributed by atoms with van der Waals surface area (Å²) >= 11 is 0. The van der Waals surface area contributed by atoms with Crippen molar-refractivity contribution in [1.29, 1.82) is 0 Å². The van der Waals surface area contributed by atoms with Crippen molar-refractivity contribution in [2.24, 2.45) is 0 Å². The monoisotopic (exact) mass is 138 g/mol. The van der Waals surface area contributed by atoms with Crippen LogP contribution in [-0.2, 0) is 0 Å². The number of allylic oxidation sites excluding steroid dienone is 4. The van der Waals surface area contributed by atoms with Gasteiger partial charge >= 0.3 is 0 Å². The Hall–Kier alpha value is -0.780. The summed E-state index contributed by atoms with van der Waals surface area (Å²) in [4.78, 5) is 0. The maximum Gasteiger partial charge on any atom is -0.0401 e. The quantitative estimate of drug-likeness (QED) is 0.382. The van der Waals surface area contributed by atoms with Crippen LogP contribution in [0.25, 0.3) is 0 Å². The molecule has 58 valence electrons. The molecule has 0 aliphatic carbocycles. The highest BCUT2D eigenvalue weighted by atomic mass is 13.7. The minimum Gasteiger partial charge on any atom is -0.100 e. The van der Waals surface area contributed by atoms with Gasteiger partial charge in [-0.15, -0.1) is 6.58 Å². The van der Waals surface area contributed by atoms with Crippen molar-refractivity contribution in [2.45, 2.75) is 27.7 Å². The predicted octanol–water partition coefficient (Wildman–Crippen LogP) is 3.72. The fourth-order valence-electron chi connectivity index (χ4n) is 0.118. The van der Waals surface area contributed by atoms with E-state index in [1.807, 2.05) is 39.8 Å². The van der Waals surface area contributed by atoms with Gasteiger partial charge in [-0.3, -0.25) is 0 Å². The van der Waals surface area contributed by atoms with Crippen LogP contribution in [0, 0.1) is 0 Å². The van der Waals surface area contributed by atoms with Crippen LogP contribution in [0.2, 0.25) is 0 Å². The zero-order valence-corrected chi connectivity index (χ0v) is 7.57. The van der Waals surface area contributed by atoms with E-state index in [1.54, 1.807) is 0 Å². The van der Waals surface area contributed by atoms with Crippen molar-refractivity contribution in [3.8, 4) is 0 Å². The van der Waals surface area contributed by atoms with Crippen molar-refractivity contribution < 1.29 is 0 Å². The minimum atomic E-state index is 1.17. The van der Waals surface area contributed by atoms with E-state index in [4.69, 9.17) is 0 Å². The summed E-state index contributed by atoms with van der Waals surface area (Å²) in [6, 6.07) is 0. The Bertz CT molecular complexity index is 123. The van der Waals surface area contributed by atoms with E-state index in [0.29, 0.717) is 0 Å². The molecule has 0 fully saturated rings. The zero-order valence-electron chi connectivity index (χ0n) is 7.57. The molecule has 0 spiro atoms. The van der Waals surface area contributed by atoms with Gasteiger partial charge in [-0.1, -0.05) is 29.9 Å². The van der Waals surface area contributed by atoms with Crippen molar-refractivity contribution in [2.75, 3.05) is 0 Å². The molecule has 0 bridgehead atoms. The topological polar surface area (TPSA) is 0 Å². The van der Waals surface area contributed by atoms with Crippen molar-refractivity contribution in [1.82, 2.24) is 0 Å². The summed E-state index contributed by atoms with van der Waals surface area (Å²) in [5.74, 6) is 0. The fraction of sp³-hybridized carbons (Fsp3) is 0.400. The van der Waals surface area contributed by atoms with Crippen LogP contribution in [0.3, 0.4) is 0 Å². The maximum atomic E-state index is 3.56. The van der Waals surface area contributed by atoms with E-state index in [-0.39, 0.29) is 0 Å². The molecule has 0 radical (unpaired) electrons. The van der Waals surface area contributed by atoms with Crippen LogP contribution in [0.1, 0.15) is 27.7 Å². The Morgan fingerprint density at radius 3 is 1.50 bits per heavy atom. The van der Waals surface area contributed by atoms with Gasteiger partial charge in [0.1, 0.15) is 0 Å². The molecular weight excluding hydrogens is 120 g/mol. The first-order chi connectivity index (χ1) is 4.54. The Balaban J connectivity index is 0. The molecule has 0 aromatic heterocycles. The minimum absolute atomic E-state index is 1.17. The smallest absolute Gasteiger partial charge is 0.0401 e. The highest BCUT2D eigenvalue weighted by molar-refractivity contribution is 5.10. The molecule has 0 rings (SSSR count). The molecule has 0 aromatic carbocycles. The highest BCUT2D eigenvalue weighted by Crippen LogP contribution is 1.88. The largest absolute Gasteiger partial charge is 0.100 e. The predicted molar refractivity (Wildman–Crippen MR) is 50.1 cm³/mol. The first-order valence-corrected chi connectivity index (χ1v) is 3.42. The number of hydrogen-bond donors (Lipinski definition) is 0. The Labute approximate surface area is 65.0 Å². The number of hydrogen-bond acceptors (Lipinski definition) is 0. The average Bonchev–Trinajstić information content (AvgIpc) is 1.85. The summed E-state index contributed by atoms with van der Waals surface area (Å²) in [7, 11) is 0. The molecule has 0 aliphatic heterocycles. The molecular formula is C10H18. The lowest BCUT2D eigenvalue weighted by Crippen LogP contribution is -1.57. The summed E-state index contributed by atoms with van der Waals surface area (Å²) in [6.45, 7) is 15.1. The lowest BCUT2D eigenvalue weighted by molar-refractivity contribution is 1.42. The van der Waals surface area contributed by atoms with Gasteiger partial charge in [0.15, 0.2) is 0 Å². The van der Waals surface area contributed by atoms with E-state index >= 15 is 0 Å². The molecule has 0 unspecified atom stereocenters. The first-order valence-electron chi connectivity index (χ1n) is 3.42. The normalized spacial score (nSPS) is 9.40. The molecule has 0 amide bonds. The van der Waals surface area contributed by atoms with Crippen molar-refractivity contribution in [3.05, 3.63) is 36.5 Å². The molecule has 0 heteroatoms. The molecule has 0 atom stereocenters. The van der Waals surface area contributed by atoms with Gasteiger partial charge in [0, 0.05) is 0 Å². The van der Waals surface area contributed by atoms with Gasteiger partial charge < -0.3 is 0 Å². The maximum absolute atomic E-state index is 3.56. The van der Waals surface area contributed by atoms with Crippen LogP contribution < -0.4 is 0 Å².